The van der Waals surface area contributed by atoms with Gasteiger partial charge in [0.1, 0.15) is 23.2 Å². The first-order chi connectivity index (χ1) is 17.9. The standard InChI is InChI=1S/C27H29F2N7O/c1-33(2)21-8-6-19(7-9-21)26-27(36-11-10-30-17-24(36)32-26)31-18-25(37)35-14-12-34(13-15-35)23-5-3-4-20(28)16-22(23)29/h3-4,6-11,16-17,31H,5,12-15,18H2,1-2H3. The number of hydrogen-bond donors (Lipinski definition) is 1. The molecule has 3 aromatic rings. The number of piperazine rings is 1. The number of halogens is 2. The molecule has 0 saturated carbocycles. The summed E-state index contributed by atoms with van der Waals surface area (Å²) in [4.78, 5) is 27.7. The molecular weight excluding hydrogens is 476 g/mol. The van der Waals surface area contributed by atoms with Gasteiger partial charge in [-0.2, -0.15) is 0 Å². The van der Waals surface area contributed by atoms with Gasteiger partial charge in [-0.3, -0.25) is 14.2 Å². The molecule has 1 aromatic carbocycles. The van der Waals surface area contributed by atoms with Gasteiger partial charge in [0.15, 0.2) is 5.65 Å². The van der Waals surface area contributed by atoms with Crippen molar-refractivity contribution in [2.75, 3.05) is 57.0 Å². The predicted molar refractivity (Wildman–Crippen MR) is 140 cm³/mol. The van der Waals surface area contributed by atoms with Gasteiger partial charge in [0, 0.05) is 76.4 Å². The number of carbonyl (C=O) groups is 1. The molecule has 1 saturated heterocycles. The van der Waals surface area contributed by atoms with Crippen molar-refractivity contribution in [3.8, 4) is 11.3 Å². The summed E-state index contributed by atoms with van der Waals surface area (Å²) < 4.78 is 29.8. The lowest BCUT2D eigenvalue weighted by atomic mass is 10.1. The molecule has 1 aliphatic carbocycles. The van der Waals surface area contributed by atoms with Crippen LogP contribution < -0.4 is 10.2 Å². The highest BCUT2D eigenvalue weighted by Crippen LogP contribution is 2.30. The second-order valence-corrected chi connectivity index (χ2v) is 9.21. The number of carbonyl (C=O) groups excluding carboxylic acids is 1. The molecule has 0 radical (unpaired) electrons. The summed E-state index contributed by atoms with van der Waals surface area (Å²) >= 11 is 0. The summed E-state index contributed by atoms with van der Waals surface area (Å²) in [5.41, 5.74) is 3.88. The van der Waals surface area contributed by atoms with E-state index in [9.17, 15) is 13.6 Å². The molecule has 0 spiro atoms. The lowest BCUT2D eigenvalue weighted by Crippen LogP contribution is -2.49. The SMILES string of the molecule is CN(C)c1ccc(-c2nc3cnccn3c2NCC(=O)N2CCN(C3=C(F)C=C(F)C=CC3)CC2)cc1. The number of fused-ring (bicyclic) bond motifs is 1. The highest BCUT2D eigenvalue weighted by atomic mass is 19.1. The Hall–Kier alpha value is -4.21. The Morgan fingerprint density at radius 1 is 1.11 bits per heavy atom. The molecule has 1 aliphatic heterocycles. The molecule has 1 N–H and O–H groups in total. The quantitative estimate of drug-likeness (QED) is 0.546. The van der Waals surface area contributed by atoms with Gasteiger partial charge in [0.25, 0.3) is 0 Å². The van der Waals surface area contributed by atoms with Gasteiger partial charge in [-0.05, 0) is 18.2 Å². The molecule has 8 nitrogen and oxygen atoms in total. The summed E-state index contributed by atoms with van der Waals surface area (Å²) in [5, 5.41) is 3.29. The van der Waals surface area contributed by atoms with E-state index in [0.29, 0.717) is 49.8 Å². The fourth-order valence-corrected chi connectivity index (χ4v) is 4.60. The number of nitrogens with one attached hydrogen (secondary N) is 1. The van der Waals surface area contributed by atoms with Crippen LogP contribution >= 0.6 is 0 Å². The number of amides is 1. The normalized spacial score (nSPS) is 16.2. The Labute approximate surface area is 214 Å². The summed E-state index contributed by atoms with van der Waals surface area (Å²) in [6.45, 7) is 1.99. The summed E-state index contributed by atoms with van der Waals surface area (Å²) in [7, 11) is 3.98. The van der Waals surface area contributed by atoms with Crippen LogP contribution in [0.25, 0.3) is 16.9 Å². The maximum absolute atomic E-state index is 14.4. The van der Waals surface area contributed by atoms with Gasteiger partial charge < -0.3 is 20.0 Å². The van der Waals surface area contributed by atoms with E-state index in [1.165, 1.54) is 6.08 Å². The van der Waals surface area contributed by atoms with E-state index in [4.69, 9.17) is 4.98 Å². The third-order valence-electron chi connectivity index (χ3n) is 6.64. The topological polar surface area (TPSA) is 69.0 Å². The summed E-state index contributed by atoms with van der Waals surface area (Å²) in [6.07, 6.45) is 9.31. The van der Waals surface area contributed by atoms with Gasteiger partial charge >= 0.3 is 0 Å². The molecule has 1 amide bonds. The van der Waals surface area contributed by atoms with Crippen LogP contribution in [0.3, 0.4) is 0 Å². The smallest absolute Gasteiger partial charge is 0.242 e. The van der Waals surface area contributed by atoms with Crippen molar-refractivity contribution in [1.29, 1.82) is 0 Å². The minimum absolute atomic E-state index is 0.0567. The van der Waals surface area contributed by atoms with Crippen LogP contribution in [0.4, 0.5) is 20.3 Å². The van der Waals surface area contributed by atoms with Gasteiger partial charge in [-0.25, -0.2) is 13.8 Å². The number of rotatable bonds is 6. The lowest BCUT2D eigenvalue weighted by molar-refractivity contribution is -0.130. The van der Waals surface area contributed by atoms with E-state index < -0.39 is 11.7 Å². The van der Waals surface area contributed by atoms with Crippen LogP contribution in [0, 0.1) is 0 Å². The van der Waals surface area contributed by atoms with Crippen LogP contribution in [0.1, 0.15) is 6.42 Å². The molecule has 3 heterocycles. The van der Waals surface area contributed by atoms with Gasteiger partial charge in [-0.15, -0.1) is 0 Å². The van der Waals surface area contributed by atoms with Crippen molar-refractivity contribution in [2.24, 2.45) is 0 Å². The Bertz CT molecular complexity index is 1380. The summed E-state index contributed by atoms with van der Waals surface area (Å²) in [6, 6.07) is 8.07. The fraction of sp³-hybridized carbons (Fsp3) is 0.296. The molecule has 192 valence electrons. The molecular formula is C27H29F2N7O. The average molecular weight is 506 g/mol. The molecule has 10 heteroatoms. The molecule has 2 aliphatic rings. The average Bonchev–Trinajstić information content (AvgIpc) is 3.19. The Morgan fingerprint density at radius 2 is 1.86 bits per heavy atom. The minimum Gasteiger partial charge on any atom is -0.378 e. The Morgan fingerprint density at radius 3 is 2.59 bits per heavy atom. The number of hydrogen-bond acceptors (Lipinski definition) is 6. The second kappa shape index (κ2) is 10.4. The number of anilines is 2. The van der Waals surface area contributed by atoms with E-state index >= 15 is 0 Å². The van der Waals surface area contributed by atoms with E-state index in [1.807, 2.05) is 58.8 Å². The Balaban J connectivity index is 1.28. The number of imidazole rings is 1. The van der Waals surface area contributed by atoms with Crippen LogP contribution in [0.15, 0.2) is 78.4 Å². The molecule has 5 rings (SSSR count). The van der Waals surface area contributed by atoms with Crippen LogP contribution in [-0.4, -0.2) is 76.9 Å². The molecule has 0 unspecified atom stereocenters. The predicted octanol–water partition coefficient (Wildman–Crippen LogP) is 4.01. The van der Waals surface area contributed by atoms with Crippen molar-refractivity contribution in [2.45, 2.75) is 6.42 Å². The number of allylic oxidation sites excluding steroid dienone is 5. The van der Waals surface area contributed by atoms with Crippen molar-refractivity contribution in [3.63, 3.8) is 0 Å². The number of benzene rings is 1. The van der Waals surface area contributed by atoms with Crippen LogP contribution in [0.5, 0.6) is 0 Å². The van der Waals surface area contributed by atoms with Crippen molar-refractivity contribution in [3.05, 3.63) is 78.4 Å². The summed E-state index contributed by atoms with van der Waals surface area (Å²) in [5.74, 6) is -0.493. The Kier molecular flexibility index (Phi) is 6.89. The van der Waals surface area contributed by atoms with Gasteiger partial charge in [0.05, 0.1) is 18.4 Å². The molecule has 2 aromatic heterocycles. The zero-order chi connectivity index (χ0) is 25.9. The third-order valence-corrected chi connectivity index (χ3v) is 6.64. The minimum atomic E-state index is -0.594. The van der Waals surface area contributed by atoms with E-state index in [2.05, 4.69) is 10.3 Å². The first kappa shape index (κ1) is 24.5. The monoisotopic (exact) mass is 505 g/mol. The van der Waals surface area contributed by atoms with Crippen LogP contribution in [0.2, 0.25) is 0 Å². The number of nitrogens with zero attached hydrogens (tertiary/aromatic N) is 6. The maximum Gasteiger partial charge on any atom is 0.242 e. The first-order valence-electron chi connectivity index (χ1n) is 12.2. The van der Waals surface area contributed by atoms with E-state index in [1.54, 1.807) is 23.4 Å². The van der Waals surface area contributed by atoms with Crippen molar-refractivity contribution in [1.82, 2.24) is 24.2 Å². The second-order valence-electron chi connectivity index (χ2n) is 9.21. The van der Waals surface area contributed by atoms with Crippen LogP contribution in [-0.2, 0) is 4.79 Å². The number of aromatic nitrogens is 3. The largest absolute Gasteiger partial charge is 0.378 e. The third kappa shape index (κ3) is 5.18. The highest BCUT2D eigenvalue weighted by Gasteiger charge is 2.25. The van der Waals surface area contributed by atoms with Crippen molar-refractivity contribution < 1.29 is 13.6 Å². The zero-order valence-corrected chi connectivity index (χ0v) is 20.9. The van der Waals surface area contributed by atoms with E-state index in [0.717, 1.165) is 23.0 Å². The van der Waals surface area contributed by atoms with Gasteiger partial charge in [-0.1, -0.05) is 18.2 Å². The van der Waals surface area contributed by atoms with Gasteiger partial charge in [0.2, 0.25) is 5.91 Å². The molecule has 1 fully saturated rings. The fourth-order valence-electron chi connectivity index (χ4n) is 4.60. The van der Waals surface area contributed by atoms with E-state index in [-0.39, 0.29) is 12.5 Å². The lowest BCUT2D eigenvalue weighted by Gasteiger charge is -2.37. The zero-order valence-electron chi connectivity index (χ0n) is 20.9. The maximum atomic E-state index is 14.4. The molecule has 37 heavy (non-hydrogen) atoms. The molecule has 0 bridgehead atoms. The van der Waals surface area contributed by atoms with Crippen molar-refractivity contribution >= 4 is 23.1 Å². The first-order valence-corrected chi connectivity index (χ1v) is 12.2. The highest BCUT2D eigenvalue weighted by molar-refractivity contribution is 5.84. The molecule has 0 atom stereocenters.